The van der Waals surface area contributed by atoms with E-state index in [4.69, 9.17) is 4.74 Å². The van der Waals surface area contributed by atoms with Crippen molar-refractivity contribution in [2.24, 2.45) is 0 Å². The van der Waals surface area contributed by atoms with Gasteiger partial charge in [0.2, 0.25) is 0 Å². The highest BCUT2D eigenvalue weighted by atomic mass is 19.1. The molecule has 0 saturated heterocycles. The number of ether oxygens (including phenoxy) is 1. The van der Waals surface area contributed by atoms with E-state index in [2.05, 4.69) is 106 Å². The molecule has 0 unspecified atom stereocenters. The van der Waals surface area contributed by atoms with Gasteiger partial charge >= 0.3 is 0 Å². The molecule has 0 aliphatic carbocycles. The maximum Gasteiger partial charge on any atom is 0.256 e. The van der Waals surface area contributed by atoms with Crippen LogP contribution in [0.2, 0.25) is 0 Å². The Bertz CT molecular complexity index is 2910. The second-order valence-electron chi connectivity index (χ2n) is 14.7. The van der Waals surface area contributed by atoms with Crippen LogP contribution in [0.1, 0.15) is 0 Å². The van der Waals surface area contributed by atoms with Crippen molar-refractivity contribution in [3.63, 3.8) is 0 Å². The molecule has 4 aliphatic rings. The molecule has 8 heteroatoms. The molecule has 0 spiro atoms. The quantitative estimate of drug-likeness (QED) is 0.171. The molecule has 0 fully saturated rings. The predicted molar refractivity (Wildman–Crippen MR) is 226 cm³/mol. The summed E-state index contributed by atoms with van der Waals surface area (Å²) in [7, 11) is 0. The third-order valence-electron chi connectivity index (χ3n) is 11.7. The third kappa shape index (κ3) is 4.35. The zero-order valence-electron chi connectivity index (χ0n) is 29.9. The Kier molecular flexibility index (Phi) is 6.56. The van der Waals surface area contributed by atoms with E-state index in [0.717, 1.165) is 84.0 Å². The second-order valence-corrected chi connectivity index (χ2v) is 14.7. The molecule has 0 bridgehead atoms. The van der Waals surface area contributed by atoms with Gasteiger partial charge in [0, 0.05) is 63.3 Å². The molecule has 4 heterocycles. The fraction of sp³-hybridized carbons (Fsp3) is 0. The number of halogens is 2. The van der Waals surface area contributed by atoms with Crippen LogP contribution in [0.5, 0.6) is 11.5 Å². The lowest BCUT2D eigenvalue weighted by atomic mass is 9.30. The number of benzene rings is 8. The molecule has 0 aromatic heterocycles. The van der Waals surface area contributed by atoms with Gasteiger partial charge in [0.1, 0.15) is 23.1 Å². The zero-order valence-corrected chi connectivity index (χ0v) is 29.9. The van der Waals surface area contributed by atoms with E-state index in [9.17, 15) is 0 Å². The van der Waals surface area contributed by atoms with Crippen LogP contribution >= 0.6 is 0 Å². The van der Waals surface area contributed by atoms with Gasteiger partial charge in [0.25, 0.3) is 13.4 Å². The van der Waals surface area contributed by atoms with Gasteiger partial charge in [-0.15, -0.1) is 0 Å². The molecule has 8 aromatic carbocycles. The van der Waals surface area contributed by atoms with Gasteiger partial charge in [-0.05, 0) is 99.5 Å². The van der Waals surface area contributed by atoms with Crippen molar-refractivity contribution in [1.82, 2.24) is 0 Å². The van der Waals surface area contributed by atoms with Crippen LogP contribution in [-0.2, 0) is 0 Å². The summed E-state index contributed by atoms with van der Waals surface area (Å²) in [6.45, 7) is -0.449. The van der Waals surface area contributed by atoms with Crippen LogP contribution < -0.4 is 52.2 Å². The van der Waals surface area contributed by atoms with Crippen LogP contribution in [0.4, 0.5) is 60.0 Å². The van der Waals surface area contributed by atoms with E-state index in [-0.39, 0.29) is 25.1 Å². The van der Waals surface area contributed by atoms with E-state index in [1.165, 1.54) is 6.07 Å². The van der Waals surface area contributed by atoms with Gasteiger partial charge in [0.15, 0.2) is 0 Å². The van der Waals surface area contributed by atoms with Gasteiger partial charge in [-0.1, -0.05) is 97.1 Å². The summed E-state index contributed by atoms with van der Waals surface area (Å²) >= 11 is 0. The average Bonchev–Trinajstić information content (AvgIpc) is 3.23. The van der Waals surface area contributed by atoms with Crippen molar-refractivity contribution < 1.29 is 13.5 Å². The summed E-state index contributed by atoms with van der Waals surface area (Å²) in [5.41, 5.74) is 14.3. The SMILES string of the molecule is Fc1cc2c3c(c1)N(c1ccccc1)c1ccccc1B3c1cc3c(cc1O2)N(c1ccccc1)c1cc(F)cc2c1B3c1ccccc1N2c1ccccc1. The van der Waals surface area contributed by atoms with Crippen molar-refractivity contribution in [3.8, 4) is 11.5 Å². The standard InChI is InChI=1S/C48H29B2F2N3O/c51-30-24-42-47-43(25-30)55(34-18-8-3-9-19-34)41-29-45-38(28-37(41)49(47)35-20-10-12-22-39(35)53(42)32-14-4-1-5-15-32)50-36-21-11-13-23-40(36)54(33-16-6-2-7-17-33)44-26-31(52)27-46(56-45)48(44)50/h1-29H. The van der Waals surface area contributed by atoms with Crippen LogP contribution in [0.15, 0.2) is 176 Å². The Hall–Kier alpha value is -7.05. The molecular formula is C48H29B2F2N3O. The molecule has 4 nitrogen and oxygen atoms in total. The van der Waals surface area contributed by atoms with E-state index >= 15 is 8.78 Å². The largest absolute Gasteiger partial charge is 0.458 e. The van der Waals surface area contributed by atoms with E-state index in [1.54, 1.807) is 18.2 Å². The van der Waals surface area contributed by atoms with Crippen LogP contribution in [0, 0.1) is 11.6 Å². The molecule has 0 saturated carbocycles. The summed E-state index contributed by atoms with van der Waals surface area (Å²) in [4.78, 5) is 6.49. The molecule has 0 N–H and O–H groups in total. The van der Waals surface area contributed by atoms with Gasteiger partial charge in [-0.25, -0.2) is 8.78 Å². The Labute approximate surface area is 323 Å². The van der Waals surface area contributed by atoms with Crippen molar-refractivity contribution in [2.75, 3.05) is 14.7 Å². The third-order valence-corrected chi connectivity index (χ3v) is 11.7. The lowest BCUT2D eigenvalue weighted by molar-refractivity contribution is 0.482. The summed E-state index contributed by atoms with van der Waals surface area (Å²) < 4.78 is 38.8. The van der Waals surface area contributed by atoms with Crippen LogP contribution in [0.3, 0.4) is 0 Å². The maximum atomic E-state index is 16.2. The monoisotopic (exact) mass is 723 g/mol. The Morgan fingerprint density at radius 2 is 0.768 bits per heavy atom. The molecule has 56 heavy (non-hydrogen) atoms. The van der Waals surface area contributed by atoms with Crippen molar-refractivity contribution in [2.45, 2.75) is 0 Å². The van der Waals surface area contributed by atoms with E-state index < -0.39 is 0 Å². The van der Waals surface area contributed by atoms with Crippen molar-refractivity contribution in [1.29, 1.82) is 0 Å². The van der Waals surface area contributed by atoms with Gasteiger partial charge in [0.05, 0.1) is 0 Å². The average molecular weight is 723 g/mol. The molecule has 0 radical (unpaired) electrons. The van der Waals surface area contributed by atoms with Gasteiger partial charge in [-0.3, -0.25) is 0 Å². The molecular weight excluding hydrogens is 694 g/mol. The second kappa shape index (κ2) is 11.7. The highest BCUT2D eigenvalue weighted by Gasteiger charge is 2.47. The number of nitrogens with zero attached hydrogens (tertiary/aromatic N) is 3. The van der Waals surface area contributed by atoms with Crippen LogP contribution in [-0.4, -0.2) is 13.4 Å². The number of hydrogen-bond acceptors (Lipinski definition) is 4. The molecule has 0 amide bonds. The van der Waals surface area contributed by atoms with Crippen molar-refractivity contribution >= 4 is 97.4 Å². The Balaban J connectivity index is 1.16. The Morgan fingerprint density at radius 1 is 0.339 bits per heavy atom. The Morgan fingerprint density at radius 3 is 1.30 bits per heavy atom. The van der Waals surface area contributed by atoms with Gasteiger partial charge in [-0.2, -0.15) is 0 Å². The van der Waals surface area contributed by atoms with Crippen molar-refractivity contribution in [3.05, 3.63) is 188 Å². The van der Waals surface area contributed by atoms with Gasteiger partial charge < -0.3 is 19.4 Å². The lowest BCUT2D eigenvalue weighted by Gasteiger charge is -2.45. The molecule has 4 aliphatic heterocycles. The first-order valence-corrected chi connectivity index (χ1v) is 18.9. The minimum absolute atomic E-state index is 0.217. The minimum Gasteiger partial charge on any atom is -0.458 e. The lowest BCUT2D eigenvalue weighted by Crippen LogP contribution is -2.64. The first-order chi connectivity index (χ1) is 27.6. The summed E-state index contributed by atoms with van der Waals surface area (Å²) in [5, 5.41) is 0. The molecule has 262 valence electrons. The molecule has 0 atom stereocenters. The minimum atomic E-state index is -0.371. The smallest absolute Gasteiger partial charge is 0.256 e. The normalized spacial score (nSPS) is 13.9. The first-order valence-electron chi connectivity index (χ1n) is 18.9. The number of para-hydroxylation sites is 5. The fourth-order valence-electron chi connectivity index (χ4n) is 9.64. The summed E-state index contributed by atoms with van der Waals surface area (Å²) in [6.07, 6.45) is 0. The van der Waals surface area contributed by atoms with Crippen LogP contribution in [0.25, 0.3) is 0 Å². The number of anilines is 9. The first kappa shape index (κ1) is 31.3. The topological polar surface area (TPSA) is 19.0 Å². The summed E-state index contributed by atoms with van der Waals surface area (Å²) in [6, 6.07) is 58.2. The zero-order chi connectivity index (χ0) is 37.1. The number of rotatable bonds is 3. The number of hydrogen-bond donors (Lipinski definition) is 0. The number of fused-ring (bicyclic) bond motifs is 8. The van der Waals surface area contributed by atoms with E-state index in [1.807, 2.05) is 60.7 Å². The maximum absolute atomic E-state index is 16.2. The summed E-state index contributed by atoms with van der Waals surface area (Å²) in [5.74, 6) is 0.445. The fourth-order valence-corrected chi connectivity index (χ4v) is 9.64. The predicted octanol–water partition coefficient (Wildman–Crippen LogP) is 8.45. The highest BCUT2D eigenvalue weighted by molar-refractivity contribution is 7.02. The van der Waals surface area contributed by atoms with E-state index in [0.29, 0.717) is 11.5 Å². The highest BCUT2D eigenvalue weighted by Crippen LogP contribution is 2.46. The molecule has 12 rings (SSSR count). The molecule has 8 aromatic rings.